The Kier molecular flexibility index (Phi) is 8.29. The van der Waals surface area contributed by atoms with Gasteiger partial charge in [0.1, 0.15) is 28.2 Å². The molecule has 0 bridgehead atoms. The number of hydrogen-bond acceptors (Lipinski definition) is 6. The van der Waals surface area contributed by atoms with E-state index in [1.807, 2.05) is 6.07 Å². The molecule has 1 atom stereocenters. The number of nitrogens with zero attached hydrogens (tertiary/aromatic N) is 2. The van der Waals surface area contributed by atoms with E-state index in [0.717, 1.165) is 17.3 Å². The van der Waals surface area contributed by atoms with Gasteiger partial charge in [0.05, 0.1) is 25.2 Å². The molecule has 1 unspecified atom stereocenters. The van der Waals surface area contributed by atoms with E-state index in [-0.39, 0.29) is 22.9 Å². The standard InChI is InChI=1S/C27H21Cl2N3O4S/c1-35-19-11-9-18(10-12-19)32-26(34)24(13-16-7-8-17(28)14-21(16)29)37-27(32)20(15-30)25(33)31-22-5-3-4-6-23(22)36-2/h3-12,14,24H,13H2,1-2H3,(H,31,33)/b27-20-. The summed E-state index contributed by atoms with van der Waals surface area (Å²) in [5.41, 5.74) is 1.42. The van der Waals surface area contributed by atoms with Gasteiger partial charge in [-0.15, -0.1) is 0 Å². The van der Waals surface area contributed by atoms with Crippen LogP contribution in [0, 0.1) is 11.3 Å². The van der Waals surface area contributed by atoms with E-state index < -0.39 is 11.2 Å². The van der Waals surface area contributed by atoms with E-state index in [2.05, 4.69) is 5.32 Å². The van der Waals surface area contributed by atoms with E-state index in [4.69, 9.17) is 32.7 Å². The largest absolute Gasteiger partial charge is 0.497 e. The molecule has 1 N–H and O–H groups in total. The minimum Gasteiger partial charge on any atom is -0.497 e. The van der Waals surface area contributed by atoms with Gasteiger partial charge in [-0.2, -0.15) is 5.26 Å². The number of carbonyl (C=O) groups excluding carboxylic acids is 2. The number of thioether (sulfide) groups is 1. The zero-order chi connectivity index (χ0) is 26.5. The number of halogens is 2. The maximum atomic E-state index is 13.7. The van der Waals surface area contributed by atoms with Crippen LogP contribution in [0.15, 0.2) is 77.3 Å². The Morgan fingerprint density at radius 3 is 2.46 bits per heavy atom. The van der Waals surface area contributed by atoms with E-state index in [9.17, 15) is 14.9 Å². The van der Waals surface area contributed by atoms with Crippen LogP contribution in [0.3, 0.4) is 0 Å². The van der Waals surface area contributed by atoms with Crippen LogP contribution in [-0.2, 0) is 16.0 Å². The lowest BCUT2D eigenvalue weighted by Crippen LogP contribution is -2.31. The van der Waals surface area contributed by atoms with Crippen LogP contribution in [0.4, 0.5) is 11.4 Å². The van der Waals surface area contributed by atoms with Crippen molar-refractivity contribution in [1.29, 1.82) is 5.26 Å². The summed E-state index contributed by atoms with van der Waals surface area (Å²) >= 11 is 13.5. The molecule has 0 aliphatic carbocycles. The van der Waals surface area contributed by atoms with E-state index in [1.54, 1.807) is 73.8 Å². The summed E-state index contributed by atoms with van der Waals surface area (Å²) in [5.74, 6) is 0.100. The number of carbonyl (C=O) groups is 2. The van der Waals surface area contributed by atoms with E-state index >= 15 is 0 Å². The van der Waals surface area contributed by atoms with E-state index in [1.165, 1.54) is 12.0 Å². The molecule has 2 amide bonds. The van der Waals surface area contributed by atoms with Gasteiger partial charge in [0.25, 0.3) is 5.91 Å². The molecule has 7 nitrogen and oxygen atoms in total. The highest BCUT2D eigenvalue weighted by Crippen LogP contribution is 2.43. The van der Waals surface area contributed by atoms with Crippen LogP contribution in [0.1, 0.15) is 5.56 Å². The Balaban J connectivity index is 1.75. The van der Waals surface area contributed by atoms with Crippen molar-refractivity contribution in [2.24, 2.45) is 0 Å². The SMILES string of the molecule is COc1ccc(N2C(=O)C(Cc3ccc(Cl)cc3Cl)S/C2=C(/C#N)C(=O)Nc2ccccc2OC)cc1. The molecule has 3 aromatic rings. The maximum Gasteiger partial charge on any atom is 0.269 e. The number of rotatable bonds is 7. The molecule has 0 spiro atoms. The second kappa shape index (κ2) is 11.6. The minimum absolute atomic E-state index is 0.204. The van der Waals surface area contributed by atoms with Crippen molar-refractivity contribution in [3.05, 3.63) is 92.9 Å². The molecule has 1 aliphatic rings. The van der Waals surface area contributed by atoms with Gasteiger partial charge in [-0.3, -0.25) is 14.5 Å². The summed E-state index contributed by atoms with van der Waals surface area (Å²) in [6, 6.07) is 20.7. The van der Waals surface area contributed by atoms with Gasteiger partial charge in [-0.1, -0.05) is 53.2 Å². The number of amides is 2. The zero-order valence-electron chi connectivity index (χ0n) is 19.8. The van der Waals surface area contributed by atoms with Crippen LogP contribution in [0.5, 0.6) is 11.5 Å². The van der Waals surface area contributed by atoms with E-state index in [0.29, 0.717) is 32.9 Å². The quantitative estimate of drug-likeness (QED) is 0.281. The third kappa shape index (κ3) is 5.70. The molecule has 3 aromatic carbocycles. The van der Waals surface area contributed by atoms with Gasteiger partial charge in [0, 0.05) is 15.7 Å². The van der Waals surface area contributed by atoms with Crippen molar-refractivity contribution >= 4 is 58.2 Å². The maximum absolute atomic E-state index is 13.7. The number of ether oxygens (including phenoxy) is 2. The molecule has 1 saturated heterocycles. The third-order valence-corrected chi connectivity index (χ3v) is 7.46. The first-order chi connectivity index (χ1) is 17.9. The number of methoxy groups -OCH3 is 2. The molecule has 0 saturated carbocycles. The monoisotopic (exact) mass is 553 g/mol. The minimum atomic E-state index is -0.661. The molecule has 37 heavy (non-hydrogen) atoms. The number of anilines is 2. The summed E-state index contributed by atoms with van der Waals surface area (Å²) in [5, 5.41) is 13.3. The number of nitrogens with one attached hydrogen (secondary N) is 1. The van der Waals surface area contributed by atoms with Gasteiger partial charge in [0.15, 0.2) is 0 Å². The normalized spacial score (nSPS) is 16.2. The fourth-order valence-electron chi connectivity index (χ4n) is 3.77. The van der Waals surface area contributed by atoms with Crippen LogP contribution in [0.2, 0.25) is 10.0 Å². The van der Waals surface area contributed by atoms with Crippen molar-refractivity contribution < 1.29 is 19.1 Å². The van der Waals surface area contributed by atoms with Crippen molar-refractivity contribution in [2.45, 2.75) is 11.7 Å². The van der Waals surface area contributed by atoms with Crippen molar-refractivity contribution in [3.63, 3.8) is 0 Å². The number of para-hydroxylation sites is 2. The average Bonchev–Trinajstić information content (AvgIpc) is 3.21. The molecule has 188 valence electrons. The molecular weight excluding hydrogens is 533 g/mol. The molecule has 0 aromatic heterocycles. The van der Waals surface area contributed by atoms with Crippen LogP contribution in [-0.4, -0.2) is 31.3 Å². The summed E-state index contributed by atoms with van der Waals surface area (Å²) in [7, 11) is 3.02. The molecule has 1 aliphatic heterocycles. The Morgan fingerprint density at radius 1 is 1.08 bits per heavy atom. The number of nitriles is 1. The summed E-state index contributed by atoms with van der Waals surface area (Å²) in [6.45, 7) is 0. The first kappa shape index (κ1) is 26.4. The Bertz CT molecular complexity index is 1420. The van der Waals surface area contributed by atoms with Crippen LogP contribution < -0.4 is 19.7 Å². The van der Waals surface area contributed by atoms with Crippen molar-refractivity contribution in [2.75, 3.05) is 24.4 Å². The predicted molar refractivity (Wildman–Crippen MR) is 146 cm³/mol. The van der Waals surface area contributed by atoms with Crippen molar-refractivity contribution in [1.82, 2.24) is 0 Å². The Morgan fingerprint density at radius 2 is 1.81 bits per heavy atom. The first-order valence-corrected chi connectivity index (χ1v) is 12.7. The lowest BCUT2D eigenvalue weighted by molar-refractivity contribution is -0.117. The second-order valence-electron chi connectivity index (χ2n) is 7.86. The van der Waals surface area contributed by atoms with Crippen LogP contribution >= 0.6 is 35.0 Å². The zero-order valence-corrected chi connectivity index (χ0v) is 22.2. The van der Waals surface area contributed by atoms with Crippen LogP contribution in [0.25, 0.3) is 0 Å². The van der Waals surface area contributed by atoms with Gasteiger partial charge in [-0.25, -0.2) is 0 Å². The second-order valence-corrected chi connectivity index (χ2v) is 9.90. The highest BCUT2D eigenvalue weighted by molar-refractivity contribution is 8.05. The van der Waals surface area contributed by atoms with Gasteiger partial charge >= 0.3 is 0 Å². The fourth-order valence-corrected chi connectivity index (χ4v) is 5.55. The molecular formula is C27H21Cl2N3O4S. The third-order valence-electron chi connectivity index (χ3n) is 5.61. The lowest BCUT2D eigenvalue weighted by atomic mass is 10.1. The lowest BCUT2D eigenvalue weighted by Gasteiger charge is -2.19. The summed E-state index contributed by atoms with van der Waals surface area (Å²) in [6.07, 6.45) is 0.280. The topological polar surface area (TPSA) is 91.7 Å². The molecule has 1 fully saturated rings. The van der Waals surface area contributed by atoms with Gasteiger partial charge < -0.3 is 14.8 Å². The Labute approximate surface area is 228 Å². The highest BCUT2D eigenvalue weighted by atomic mass is 35.5. The summed E-state index contributed by atoms with van der Waals surface area (Å²) in [4.78, 5) is 28.3. The predicted octanol–water partition coefficient (Wildman–Crippen LogP) is 6.08. The van der Waals surface area contributed by atoms with Crippen molar-refractivity contribution in [3.8, 4) is 17.6 Å². The van der Waals surface area contributed by atoms with Gasteiger partial charge in [0.2, 0.25) is 5.91 Å². The van der Waals surface area contributed by atoms with Gasteiger partial charge in [-0.05, 0) is 60.5 Å². The smallest absolute Gasteiger partial charge is 0.269 e. The number of hydrogen-bond donors (Lipinski definition) is 1. The first-order valence-electron chi connectivity index (χ1n) is 11.0. The summed E-state index contributed by atoms with van der Waals surface area (Å²) < 4.78 is 10.5. The molecule has 10 heteroatoms. The molecule has 4 rings (SSSR count). The number of benzene rings is 3. The molecule has 1 heterocycles. The fraction of sp³-hybridized carbons (Fsp3) is 0.148. The average molecular weight is 554 g/mol. The Hall–Kier alpha value is -3.64. The molecule has 0 radical (unpaired) electrons. The highest BCUT2D eigenvalue weighted by Gasteiger charge is 2.41.